The summed E-state index contributed by atoms with van der Waals surface area (Å²) in [7, 11) is 0. The molecule has 0 aliphatic rings. The molecule has 1 heterocycles. The Bertz CT molecular complexity index is 821. The predicted molar refractivity (Wildman–Crippen MR) is 107 cm³/mol. The minimum atomic E-state index is 0.741. The molecular formula is C20H21BrN4. The van der Waals surface area contributed by atoms with Crippen LogP contribution >= 0.6 is 15.9 Å². The molecule has 0 fully saturated rings. The summed E-state index contributed by atoms with van der Waals surface area (Å²) in [5.74, 6) is 2.37. The van der Waals surface area contributed by atoms with E-state index in [1.807, 2.05) is 43.3 Å². The Morgan fingerprint density at radius 3 is 2.52 bits per heavy atom. The van der Waals surface area contributed by atoms with Crippen molar-refractivity contribution in [3.63, 3.8) is 0 Å². The SMILES string of the molecule is Cc1nc(NCCCc2ccccc2)cc(Nc2cccc(Br)c2)n1. The lowest BCUT2D eigenvalue weighted by atomic mass is 10.1. The largest absolute Gasteiger partial charge is 0.370 e. The summed E-state index contributed by atoms with van der Waals surface area (Å²) >= 11 is 3.48. The standard InChI is InChI=1S/C20H21BrN4/c1-15-23-19(22-12-6-9-16-7-3-2-4-8-16)14-20(24-15)25-18-11-5-10-17(21)13-18/h2-5,7-8,10-11,13-14H,6,9,12H2,1H3,(H2,22,23,24,25). The lowest BCUT2D eigenvalue weighted by molar-refractivity contribution is 0.856. The van der Waals surface area contributed by atoms with Gasteiger partial charge in [-0.25, -0.2) is 9.97 Å². The molecule has 1 aromatic heterocycles. The molecule has 0 unspecified atom stereocenters. The molecule has 2 aromatic carbocycles. The van der Waals surface area contributed by atoms with Gasteiger partial charge in [-0.2, -0.15) is 0 Å². The molecular weight excluding hydrogens is 376 g/mol. The molecule has 0 aliphatic carbocycles. The third kappa shape index (κ3) is 5.57. The van der Waals surface area contributed by atoms with E-state index in [0.29, 0.717) is 0 Å². The van der Waals surface area contributed by atoms with Gasteiger partial charge in [-0.1, -0.05) is 52.3 Å². The van der Waals surface area contributed by atoms with Crippen molar-refractivity contribution in [3.05, 3.63) is 76.5 Å². The van der Waals surface area contributed by atoms with Crippen LogP contribution in [0.5, 0.6) is 0 Å². The van der Waals surface area contributed by atoms with E-state index < -0.39 is 0 Å². The van der Waals surface area contributed by atoms with Crippen LogP contribution in [0.25, 0.3) is 0 Å². The summed E-state index contributed by atoms with van der Waals surface area (Å²) in [5.41, 5.74) is 2.35. The van der Waals surface area contributed by atoms with E-state index >= 15 is 0 Å². The number of halogens is 1. The van der Waals surface area contributed by atoms with E-state index in [1.165, 1.54) is 5.56 Å². The van der Waals surface area contributed by atoms with Gasteiger partial charge in [0.25, 0.3) is 0 Å². The number of rotatable bonds is 7. The molecule has 0 radical (unpaired) electrons. The molecule has 25 heavy (non-hydrogen) atoms. The minimum Gasteiger partial charge on any atom is -0.370 e. The second-order valence-electron chi connectivity index (χ2n) is 5.84. The molecule has 0 atom stereocenters. The first-order valence-electron chi connectivity index (χ1n) is 8.35. The Morgan fingerprint density at radius 1 is 0.920 bits per heavy atom. The van der Waals surface area contributed by atoms with Crippen LogP contribution in [0, 0.1) is 6.92 Å². The van der Waals surface area contributed by atoms with Crippen molar-refractivity contribution >= 4 is 33.3 Å². The van der Waals surface area contributed by atoms with Crippen molar-refractivity contribution in [2.45, 2.75) is 19.8 Å². The fourth-order valence-electron chi connectivity index (χ4n) is 2.59. The maximum absolute atomic E-state index is 4.47. The number of hydrogen-bond donors (Lipinski definition) is 2. The molecule has 5 heteroatoms. The number of nitrogens with one attached hydrogen (secondary N) is 2. The summed E-state index contributed by atoms with van der Waals surface area (Å²) in [6.45, 7) is 2.78. The molecule has 3 rings (SSSR count). The highest BCUT2D eigenvalue weighted by atomic mass is 79.9. The van der Waals surface area contributed by atoms with Gasteiger partial charge >= 0.3 is 0 Å². The molecule has 0 amide bonds. The van der Waals surface area contributed by atoms with Gasteiger partial charge in [0, 0.05) is 22.8 Å². The lowest BCUT2D eigenvalue weighted by Crippen LogP contribution is -2.07. The normalized spacial score (nSPS) is 10.5. The van der Waals surface area contributed by atoms with Crippen molar-refractivity contribution in [2.24, 2.45) is 0 Å². The zero-order valence-corrected chi connectivity index (χ0v) is 15.8. The summed E-state index contributed by atoms with van der Waals surface area (Å²) in [5, 5.41) is 6.71. The van der Waals surface area contributed by atoms with Gasteiger partial charge in [0.2, 0.25) is 0 Å². The Kier molecular flexibility index (Phi) is 6.01. The van der Waals surface area contributed by atoms with Gasteiger partial charge < -0.3 is 10.6 Å². The Morgan fingerprint density at radius 2 is 1.72 bits per heavy atom. The molecule has 0 saturated heterocycles. The number of aromatic nitrogens is 2. The molecule has 0 aliphatic heterocycles. The van der Waals surface area contributed by atoms with Crippen LogP contribution in [0.4, 0.5) is 17.3 Å². The first-order chi connectivity index (χ1) is 12.2. The second-order valence-corrected chi connectivity index (χ2v) is 6.75. The van der Waals surface area contributed by atoms with Crippen LogP contribution in [0.1, 0.15) is 17.8 Å². The molecule has 0 spiro atoms. The number of anilines is 3. The third-order valence-electron chi connectivity index (χ3n) is 3.73. The van der Waals surface area contributed by atoms with E-state index in [1.54, 1.807) is 0 Å². The van der Waals surface area contributed by atoms with Gasteiger partial charge in [0.05, 0.1) is 0 Å². The van der Waals surface area contributed by atoms with Crippen molar-refractivity contribution in [1.82, 2.24) is 9.97 Å². The van der Waals surface area contributed by atoms with Crippen LogP contribution in [0.3, 0.4) is 0 Å². The number of nitrogens with zero attached hydrogens (tertiary/aromatic N) is 2. The highest BCUT2D eigenvalue weighted by molar-refractivity contribution is 9.10. The van der Waals surface area contributed by atoms with Crippen molar-refractivity contribution in [2.75, 3.05) is 17.2 Å². The molecule has 4 nitrogen and oxygen atoms in total. The Labute approximate surface area is 156 Å². The predicted octanol–water partition coefficient (Wildman–Crippen LogP) is 5.34. The fraction of sp³-hybridized carbons (Fsp3) is 0.200. The maximum atomic E-state index is 4.47. The highest BCUT2D eigenvalue weighted by Crippen LogP contribution is 2.20. The van der Waals surface area contributed by atoms with E-state index in [2.05, 4.69) is 60.8 Å². The minimum absolute atomic E-state index is 0.741. The van der Waals surface area contributed by atoms with Gasteiger partial charge in [0.1, 0.15) is 17.5 Å². The lowest BCUT2D eigenvalue weighted by Gasteiger charge is -2.10. The van der Waals surface area contributed by atoms with E-state index in [4.69, 9.17) is 0 Å². The Hall–Kier alpha value is -2.40. The Balaban J connectivity index is 1.57. The smallest absolute Gasteiger partial charge is 0.136 e. The quantitative estimate of drug-likeness (QED) is 0.529. The zero-order chi connectivity index (χ0) is 17.5. The number of hydrogen-bond acceptors (Lipinski definition) is 4. The van der Waals surface area contributed by atoms with Crippen molar-refractivity contribution < 1.29 is 0 Å². The van der Waals surface area contributed by atoms with Crippen LogP contribution < -0.4 is 10.6 Å². The summed E-state index contributed by atoms with van der Waals surface area (Å²) in [6.07, 6.45) is 2.11. The molecule has 3 aromatic rings. The molecule has 0 saturated carbocycles. The molecule has 128 valence electrons. The van der Waals surface area contributed by atoms with E-state index in [-0.39, 0.29) is 0 Å². The highest BCUT2D eigenvalue weighted by Gasteiger charge is 2.03. The van der Waals surface area contributed by atoms with Crippen LogP contribution in [0.2, 0.25) is 0 Å². The maximum Gasteiger partial charge on any atom is 0.136 e. The topological polar surface area (TPSA) is 49.8 Å². The average molecular weight is 397 g/mol. The van der Waals surface area contributed by atoms with E-state index in [9.17, 15) is 0 Å². The molecule has 0 bridgehead atoms. The first kappa shape index (κ1) is 17.4. The van der Waals surface area contributed by atoms with Gasteiger partial charge in [-0.15, -0.1) is 0 Å². The summed E-state index contributed by atoms with van der Waals surface area (Å²) < 4.78 is 1.03. The average Bonchev–Trinajstić information content (AvgIpc) is 2.59. The zero-order valence-electron chi connectivity index (χ0n) is 14.2. The monoisotopic (exact) mass is 396 g/mol. The number of benzene rings is 2. The van der Waals surface area contributed by atoms with Crippen LogP contribution in [-0.4, -0.2) is 16.5 Å². The van der Waals surface area contributed by atoms with Crippen molar-refractivity contribution in [1.29, 1.82) is 0 Å². The van der Waals surface area contributed by atoms with Gasteiger partial charge in [-0.05, 0) is 43.5 Å². The van der Waals surface area contributed by atoms with Gasteiger partial charge in [0.15, 0.2) is 0 Å². The van der Waals surface area contributed by atoms with E-state index in [0.717, 1.165) is 47.0 Å². The van der Waals surface area contributed by atoms with Crippen molar-refractivity contribution in [3.8, 4) is 0 Å². The second kappa shape index (κ2) is 8.62. The van der Waals surface area contributed by atoms with Gasteiger partial charge in [-0.3, -0.25) is 0 Å². The summed E-state index contributed by atoms with van der Waals surface area (Å²) in [6, 6.07) is 20.5. The first-order valence-corrected chi connectivity index (χ1v) is 9.14. The fourth-order valence-corrected chi connectivity index (χ4v) is 2.99. The number of aryl methyl sites for hydroxylation is 2. The van der Waals surface area contributed by atoms with Crippen LogP contribution in [-0.2, 0) is 6.42 Å². The van der Waals surface area contributed by atoms with Crippen LogP contribution in [0.15, 0.2) is 65.1 Å². The summed E-state index contributed by atoms with van der Waals surface area (Å²) in [4.78, 5) is 8.92. The third-order valence-corrected chi connectivity index (χ3v) is 4.22. The molecule has 2 N–H and O–H groups in total.